The minimum Gasteiger partial charge on any atom is -0.249 e. The maximum atomic E-state index is 11.7. The maximum Gasteiger partial charge on any atom is 0.161 e. The van der Waals surface area contributed by atoms with Crippen LogP contribution in [-0.2, 0) is 9.73 Å². The molecule has 0 atom stereocenters. The van der Waals surface area contributed by atoms with Crippen LogP contribution in [0.15, 0.2) is 27.2 Å². The molecule has 1 aromatic heterocycles. The van der Waals surface area contributed by atoms with Gasteiger partial charge in [0, 0.05) is 22.2 Å². The number of hydrogen-bond acceptors (Lipinski definition) is 3. The highest BCUT2D eigenvalue weighted by Gasteiger charge is 2.19. The van der Waals surface area contributed by atoms with Crippen molar-refractivity contribution >= 4 is 31.5 Å². The second-order valence-electron chi connectivity index (χ2n) is 2.96. The Labute approximate surface area is 85.9 Å². The zero-order chi connectivity index (χ0) is 9.31. The van der Waals surface area contributed by atoms with Crippen LogP contribution in [-0.4, -0.2) is 20.7 Å². The Morgan fingerprint density at radius 1 is 1.46 bits per heavy atom. The van der Waals surface area contributed by atoms with Crippen molar-refractivity contribution in [1.29, 1.82) is 0 Å². The third-order valence-electron chi connectivity index (χ3n) is 1.90. The van der Waals surface area contributed by atoms with Crippen LogP contribution in [0.4, 0.5) is 5.82 Å². The first kappa shape index (κ1) is 9.15. The lowest BCUT2D eigenvalue weighted by molar-refractivity contribution is 0.663. The summed E-state index contributed by atoms with van der Waals surface area (Å²) in [4.78, 5) is 4.05. The lowest BCUT2D eigenvalue weighted by Gasteiger charge is -2.17. The molecule has 0 unspecified atom stereocenters. The molecule has 2 heterocycles. The first-order valence-corrected chi connectivity index (χ1v) is 6.67. The van der Waals surface area contributed by atoms with Gasteiger partial charge in [-0.05, 0) is 34.5 Å². The van der Waals surface area contributed by atoms with E-state index >= 15 is 0 Å². The molecule has 1 saturated heterocycles. The number of rotatable bonds is 1. The third-order valence-corrected chi connectivity index (χ3v) is 4.74. The average molecular weight is 261 g/mol. The monoisotopic (exact) mass is 260 g/mol. The first-order valence-electron chi connectivity index (χ1n) is 4.02. The summed E-state index contributed by atoms with van der Waals surface area (Å²) in [6.07, 6.45) is 2.69. The Kier molecular flexibility index (Phi) is 2.38. The maximum absolute atomic E-state index is 11.7. The molecule has 0 spiro atoms. The summed E-state index contributed by atoms with van der Waals surface area (Å²) in [6, 6.07) is 3.63. The first-order chi connectivity index (χ1) is 6.18. The van der Waals surface area contributed by atoms with Gasteiger partial charge in [-0.1, -0.05) is 0 Å². The quantitative estimate of drug-likeness (QED) is 0.778. The van der Waals surface area contributed by atoms with E-state index in [0.29, 0.717) is 5.82 Å². The fourth-order valence-electron chi connectivity index (χ4n) is 1.08. The van der Waals surface area contributed by atoms with Crippen molar-refractivity contribution < 1.29 is 4.21 Å². The van der Waals surface area contributed by atoms with E-state index < -0.39 is 9.73 Å². The molecule has 70 valence electrons. The summed E-state index contributed by atoms with van der Waals surface area (Å²) in [6.45, 7) is 0. The van der Waals surface area contributed by atoms with Crippen molar-refractivity contribution in [1.82, 2.24) is 4.98 Å². The summed E-state index contributed by atoms with van der Waals surface area (Å²) in [5, 5.41) is 0. The van der Waals surface area contributed by atoms with Crippen LogP contribution >= 0.6 is 15.9 Å². The van der Waals surface area contributed by atoms with E-state index in [4.69, 9.17) is 0 Å². The summed E-state index contributed by atoms with van der Waals surface area (Å²) in [5.41, 5.74) is 0. The molecule has 1 fully saturated rings. The number of hydrogen-bond donors (Lipinski definition) is 0. The van der Waals surface area contributed by atoms with Crippen molar-refractivity contribution in [2.75, 3.05) is 11.5 Å². The van der Waals surface area contributed by atoms with Crippen LogP contribution < -0.4 is 0 Å². The van der Waals surface area contributed by atoms with E-state index in [1.54, 1.807) is 12.3 Å². The van der Waals surface area contributed by atoms with Gasteiger partial charge in [0.05, 0.1) is 9.73 Å². The molecule has 0 aromatic carbocycles. The molecule has 0 bridgehead atoms. The van der Waals surface area contributed by atoms with Crippen molar-refractivity contribution in [2.24, 2.45) is 4.36 Å². The predicted molar refractivity (Wildman–Crippen MR) is 56.5 cm³/mol. The van der Waals surface area contributed by atoms with Crippen LogP contribution in [0.3, 0.4) is 0 Å². The molecule has 13 heavy (non-hydrogen) atoms. The number of aromatic nitrogens is 1. The molecule has 5 heteroatoms. The Morgan fingerprint density at radius 2 is 2.23 bits per heavy atom. The Balaban J connectivity index is 2.32. The third kappa shape index (κ3) is 2.08. The highest BCUT2D eigenvalue weighted by Crippen LogP contribution is 2.20. The van der Waals surface area contributed by atoms with E-state index in [1.807, 2.05) is 6.07 Å². The van der Waals surface area contributed by atoms with Crippen molar-refractivity contribution in [3.05, 3.63) is 22.8 Å². The van der Waals surface area contributed by atoms with Crippen LogP contribution in [0, 0.1) is 0 Å². The number of halogens is 1. The van der Waals surface area contributed by atoms with Gasteiger partial charge in [-0.2, -0.15) is 4.36 Å². The highest BCUT2D eigenvalue weighted by atomic mass is 79.9. The lowest BCUT2D eigenvalue weighted by atomic mass is 10.5. The van der Waals surface area contributed by atoms with Gasteiger partial charge in [0.25, 0.3) is 0 Å². The van der Waals surface area contributed by atoms with E-state index in [1.165, 1.54) is 0 Å². The topological polar surface area (TPSA) is 42.3 Å². The van der Waals surface area contributed by atoms with E-state index in [2.05, 4.69) is 25.3 Å². The summed E-state index contributed by atoms with van der Waals surface area (Å²) in [7, 11) is -1.91. The Bertz CT molecular complexity index is 410. The standard InChI is InChI=1S/C8H9BrN2OS/c9-7-2-3-8(10-6-7)11-13(12)4-1-5-13/h2-3,6H,1,4-5H2. The SMILES string of the molecule is O=S1(=Nc2ccc(Br)cn2)CCC1. The fraction of sp³-hybridized carbons (Fsp3) is 0.375. The van der Waals surface area contributed by atoms with Crippen LogP contribution in [0.1, 0.15) is 6.42 Å². The normalized spacial score (nSPS) is 19.2. The predicted octanol–water partition coefficient (Wildman–Crippen LogP) is 2.35. The van der Waals surface area contributed by atoms with Gasteiger partial charge < -0.3 is 0 Å². The summed E-state index contributed by atoms with van der Waals surface area (Å²) >= 11 is 3.28. The van der Waals surface area contributed by atoms with E-state index in [-0.39, 0.29) is 0 Å². The molecule has 0 radical (unpaired) electrons. The Hall–Kier alpha value is -0.420. The van der Waals surface area contributed by atoms with Gasteiger partial charge >= 0.3 is 0 Å². The van der Waals surface area contributed by atoms with E-state index in [0.717, 1.165) is 22.4 Å². The second-order valence-corrected chi connectivity index (χ2v) is 6.42. The second kappa shape index (κ2) is 3.38. The molecule has 0 amide bonds. The molecule has 0 aliphatic carbocycles. The summed E-state index contributed by atoms with van der Waals surface area (Å²) < 4.78 is 16.7. The zero-order valence-electron chi connectivity index (χ0n) is 6.94. The van der Waals surface area contributed by atoms with Gasteiger partial charge in [-0.3, -0.25) is 0 Å². The molecule has 1 aliphatic rings. The molecule has 0 N–H and O–H groups in total. The molecule has 1 aliphatic heterocycles. The number of nitrogens with zero attached hydrogens (tertiary/aromatic N) is 2. The van der Waals surface area contributed by atoms with E-state index in [9.17, 15) is 4.21 Å². The van der Waals surface area contributed by atoms with Gasteiger partial charge in [0.15, 0.2) is 5.82 Å². The molecule has 1 aromatic rings. The van der Waals surface area contributed by atoms with Gasteiger partial charge in [0.1, 0.15) is 0 Å². The van der Waals surface area contributed by atoms with Crippen LogP contribution in [0.25, 0.3) is 0 Å². The van der Waals surface area contributed by atoms with Crippen molar-refractivity contribution in [2.45, 2.75) is 6.42 Å². The smallest absolute Gasteiger partial charge is 0.161 e. The molecule has 3 nitrogen and oxygen atoms in total. The largest absolute Gasteiger partial charge is 0.249 e. The van der Waals surface area contributed by atoms with Crippen molar-refractivity contribution in [3.63, 3.8) is 0 Å². The molecular formula is C8H9BrN2OS. The average Bonchev–Trinajstić information content (AvgIpc) is 2.06. The minimum absolute atomic E-state index is 0.577. The molecule has 2 rings (SSSR count). The number of pyridine rings is 1. The molecular weight excluding hydrogens is 252 g/mol. The zero-order valence-corrected chi connectivity index (χ0v) is 9.34. The van der Waals surface area contributed by atoms with Gasteiger partial charge in [0.2, 0.25) is 0 Å². The van der Waals surface area contributed by atoms with Gasteiger partial charge in [-0.15, -0.1) is 0 Å². The Morgan fingerprint density at radius 3 is 2.69 bits per heavy atom. The lowest BCUT2D eigenvalue weighted by Crippen LogP contribution is -2.23. The van der Waals surface area contributed by atoms with Crippen LogP contribution in [0.5, 0.6) is 0 Å². The highest BCUT2D eigenvalue weighted by molar-refractivity contribution is 9.10. The van der Waals surface area contributed by atoms with Gasteiger partial charge in [-0.25, -0.2) is 9.19 Å². The fourth-order valence-corrected chi connectivity index (χ4v) is 2.72. The van der Waals surface area contributed by atoms with Crippen molar-refractivity contribution in [3.8, 4) is 0 Å². The summed E-state index contributed by atoms with van der Waals surface area (Å²) in [5.74, 6) is 2.03. The molecule has 0 saturated carbocycles. The van der Waals surface area contributed by atoms with Crippen LogP contribution in [0.2, 0.25) is 0 Å². The minimum atomic E-state index is -1.91.